The van der Waals surface area contributed by atoms with Crippen LogP contribution < -0.4 is 5.32 Å². The molecule has 0 spiro atoms. The van der Waals surface area contributed by atoms with E-state index in [0.717, 1.165) is 11.8 Å². The Kier molecular flexibility index (Phi) is 7.23. The highest BCUT2D eigenvalue weighted by atomic mass is 33.1. The van der Waals surface area contributed by atoms with Gasteiger partial charge in [-0.15, -0.1) is 0 Å². The highest BCUT2D eigenvalue weighted by molar-refractivity contribution is 8.77. The van der Waals surface area contributed by atoms with Crippen LogP contribution in [0.1, 0.15) is 39.0 Å². The summed E-state index contributed by atoms with van der Waals surface area (Å²) in [5, 5.41) is 4.34. The first-order valence-electron chi connectivity index (χ1n) is 5.42. The molecule has 78 valence electrons. The van der Waals surface area contributed by atoms with Crippen molar-refractivity contribution in [3.05, 3.63) is 0 Å². The third-order valence-electron chi connectivity index (χ3n) is 2.36. The minimum absolute atomic E-state index is 0.976. The fourth-order valence-electron chi connectivity index (χ4n) is 1.54. The van der Waals surface area contributed by atoms with Gasteiger partial charge in [-0.05, 0) is 32.4 Å². The molecule has 13 heavy (non-hydrogen) atoms. The Morgan fingerprint density at radius 2 is 2.23 bits per heavy atom. The van der Waals surface area contributed by atoms with Crippen molar-refractivity contribution in [1.82, 2.24) is 5.32 Å². The lowest BCUT2D eigenvalue weighted by Gasteiger charge is -2.06. The monoisotopic (exact) mass is 219 g/mol. The van der Waals surface area contributed by atoms with E-state index in [1.165, 1.54) is 44.4 Å². The average Bonchev–Trinajstić information content (AvgIpc) is 2.63. The van der Waals surface area contributed by atoms with Gasteiger partial charge in [-0.25, -0.2) is 0 Å². The number of unbranched alkanes of at least 4 members (excludes halogenated alkanes) is 2. The summed E-state index contributed by atoms with van der Waals surface area (Å²) >= 11 is 0. The molecule has 1 atom stereocenters. The van der Waals surface area contributed by atoms with E-state index in [0.29, 0.717) is 0 Å². The summed E-state index contributed by atoms with van der Waals surface area (Å²) < 4.78 is 0. The molecule has 0 amide bonds. The average molecular weight is 219 g/mol. The zero-order valence-corrected chi connectivity index (χ0v) is 10.2. The first-order chi connectivity index (χ1) is 6.43. The lowest BCUT2D eigenvalue weighted by atomic mass is 10.1. The van der Waals surface area contributed by atoms with Crippen LogP contribution in [0.2, 0.25) is 0 Å². The van der Waals surface area contributed by atoms with Crippen LogP contribution in [0.4, 0.5) is 0 Å². The molecular formula is C10H21NS2. The Bertz CT molecular complexity index is 113. The highest BCUT2D eigenvalue weighted by Crippen LogP contribution is 2.39. The highest BCUT2D eigenvalue weighted by Gasteiger charge is 2.15. The van der Waals surface area contributed by atoms with Crippen LogP contribution in [0.3, 0.4) is 0 Å². The van der Waals surface area contributed by atoms with Gasteiger partial charge in [0, 0.05) is 11.0 Å². The van der Waals surface area contributed by atoms with Gasteiger partial charge in [0.1, 0.15) is 0 Å². The summed E-state index contributed by atoms with van der Waals surface area (Å²) in [5.74, 6) is 1.38. The summed E-state index contributed by atoms with van der Waals surface area (Å²) in [6.45, 7) is 4.50. The normalized spacial score (nSPS) is 22.4. The molecule has 1 aliphatic rings. The molecule has 0 aromatic heterocycles. The third kappa shape index (κ3) is 5.87. The van der Waals surface area contributed by atoms with Crippen LogP contribution >= 0.6 is 21.6 Å². The molecule has 1 nitrogen and oxygen atoms in total. The van der Waals surface area contributed by atoms with Crippen LogP contribution in [0.5, 0.6) is 0 Å². The van der Waals surface area contributed by atoms with E-state index < -0.39 is 0 Å². The van der Waals surface area contributed by atoms with Crippen molar-refractivity contribution in [3.63, 3.8) is 0 Å². The van der Waals surface area contributed by atoms with E-state index in [1.54, 1.807) is 0 Å². The summed E-state index contributed by atoms with van der Waals surface area (Å²) in [4.78, 5) is 0. The van der Waals surface area contributed by atoms with E-state index in [9.17, 15) is 0 Å². The van der Waals surface area contributed by atoms with Crippen molar-refractivity contribution >= 4 is 21.6 Å². The van der Waals surface area contributed by atoms with Crippen molar-refractivity contribution in [2.45, 2.75) is 44.3 Å². The van der Waals surface area contributed by atoms with Gasteiger partial charge in [0.25, 0.3) is 0 Å². The predicted octanol–water partition coefficient (Wildman–Crippen LogP) is 3.31. The molecule has 0 aromatic rings. The second kappa shape index (κ2) is 8.01. The Balaban J connectivity index is 1.78. The first kappa shape index (κ1) is 11.7. The molecule has 3 heteroatoms. The molecule has 1 aliphatic heterocycles. The lowest BCUT2D eigenvalue weighted by Crippen LogP contribution is -2.13. The SMILES string of the molecule is CCNCCCCCC1CCSS1. The van der Waals surface area contributed by atoms with Gasteiger partial charge in [0.2, 0.25) is 0 Å². The van der Waals surface area contributed by atoms with Crippen LogP contribution in [0.25, 0.3) is 0 Å². The minimum atomic E-state index is 0.976. The summed E-state index contributed by atoms with van der Waals surface area (Å²) in [5.41, 5.74) is 0. The molecule has 1 heterocycles. The van der Waals surface area contributed by atoms with Crippen molar-refractivity contribution in [1.29, 1.82) is 0 Å². The van der Waals surface area contributed by atoms with Gasteiger partial charge in [-0.2, -0.15) is 0 Å². The largest absolute Gasteiger partial charge is 0.317 e. The molecule has 1 N–H and O–H groups in total. The fraction of sp³-hybridized carbons (Fsp3) is 1.00. The number of hydrogen-bond acceptors (Lipinski definition) is 3. The van der Waals surface area contributed by atoms with Gasteiger partial charge >= 0.3 is 0 Å². The van der Waals surface area contributed by atoms with E-state index >= 15 is 0 Å². The van der Waals surface area contributed by atoms with E-state index in [2.05, 4.69) is 33.8 Å². The van der Waals surface area contributed by atoms with E-state index in [4.69, 9.17) is 0 Å². The second-order valence-corrected chi connectivity index (χ2v) is 6.32. The zero-order valence-electron chi connectivity index (χ0n) is 8.55. The van der Waals surface area contributed by atoms with Gasteiger partial charge in [0.15, 0.2) is 0 Å². The predicted molar refractivity (Wildman–Crippen MR) is 65.5 cm³/mol. The quantitative estimate of drug-likeness (QED) is 0.521. The lowest BCUT2D eigenvalue weighted by molar-refractivity contribution is 0.588. The number of rotatable bonds is 7. The summed E-state index contributed by atoms with van der Waals surface area (Å²) in [7, 11) is 4.17. The molecule has 1 saturated heterocycles. The fourth-order valence-corrected chi connectivity index (χ4v) is 4.57. The molecule has 0 aliphatic carbocycles. The maximum absolute atomic E-state index is 3.37. The Morgan fingerprint density at radius 3 is 2.92 bits per heavy atom. The molecular weight excluding hydrogens is 198 g/mol. The third-order valence-corrected chi connectivity index (χ3v) is 5.36. The molecule has 1 fully saturated rings. The smallest absolute Gasteiger partial charge is 0.0159 e. The molecule has 0 bridgehead atoms. The van der Waals surface area contributed by atoms with E-state index in [1.807, 2.05) is 0 Å². The molecule has 0 saturated carbocycles. The van der Waals surface area contributed by atoms with Crippen LogP contribution in [-0.4, -0.2) is 24.1 Å². The van der Waals surface area contributed by atoms with Gasteiger partial charge in [-0.3, -0.25) is 0 Å². The number of hydrogen-bond donors (Lipinski definition) is 1. The zero-order chi connectivity index (χ0) is 9.36. The Morgan fingerprint density at radius 1 is 1.31 bits per heavy atom. The summed E-state index contributed by atoms with van der Waals surface area (Å²) in [6, 6.07) is 0. The Hall–Kier alpha value is 0.660. The van der Waals surface area contributed by atoms with Crippen molar-refractivity contribution in [2.24, 2.45) is 0 Å². The van der Waals surface area contributed by atoms with Gasteiger partial charge in [0.05, 0.1) is 0 Å². The van der Waals surface area contributed by atoms with Crippen molar-refractivity contribution in [3.8, 4) is 0 Å². The first-order valence-corrected chi connectivity index (χ1v) is 7.80. The maximum Gasteiger partial charge on any atom is 0.0159 e. The second-order valence-electron chi connectivity index (χ2n) is 3.53. The van der Waals surface area contributed by atoms with Crippen LogP contribution in [-0.2, 0) is 0 Å². The summed E-state index contributed by atoms with van der Waals surface area (Å²) in [6.07, 6.45) is 7.10. The van der Waals surface area contributed by atoms with E-state index in [-0.39, 0.29) is 0 Å². The molecule has 0 radical (unpaired) electrons. The topological polar surface area (TPSA) is 12.0 Å². The molecule has 0 aromatic carbocycles. The van der Waals surface area contributed by atoms with Crippen LogP contribution in [0, 0.1) is 0 Å². The van der Waals surface area contributed by atoms with Gasteiger partial charge in [-0.1, -0.05) is 41.4 Å². The molecule has 1 rings (SSSR count). The Labute approximate surface area is 90.2 Å². The maximum atomic E-state index is 3.37. The van der Waals surface area contributed by atoms with Crippen LogP contribution in [0.15, 0.2) is 0 Å². The van der Waals surface area contributed by atoms with Crippen molar-refractivity contribution < 1.29 is 0 Å². The number of nitrogens with one attached hydrogen (secondary N) is 1. The minimum Gasteiger partial charge on any atom is -0.317 e. The molecule has 1 unspecified atom stereocenters. The standard InChI is InChI=1S/C10H21NS2/c1-2-11-8-5-3-4-6-10-7-9-12-13-10/h10-11H,2-9H2,1H3. The van der Waals surface area contributed by atoms with Crippen molar-refractivity contribution in [2.75, 3.05) is 18.8 Å². The van der Waals surface area contributed by atoms with Gasteiger partial charge < -0.3 is 5.32 Å².